The van der Waals surface area contributed by atoms with Crippen molar-refractivity contribution in [3.05, 3.63) is 219 Å². The molecule has 386 valence electrons. The lowest BCUT2D eigenvalue weighted by Crippen LogP contribution is -2.39. The number of hydrogen-bond donors (Lipinski definition) is 1. The minimum absolute atomic E-state index is 0.0531. The van der Waals surface area contributed by atoms with Gasteiger partial charge in [-0.05, 0) is 87.9 Å². The molecule has 1 unspecified atom stereocenters. The minimum Gasteiger partial charge on any atom is -0.486 e. The smallest absolute Gasteiger partial charge is 0.421 e. The first-order valence-electron chi connectivity index (χ1n) is 23.5. The van der Waals surface area contributed by atoms with Crippen molar-refractivity contribution in [2.24, 2.45) is 0 Å². The molecule has 0 fully saturated rings. The van der Waals surface area contributed by atoms with E-state index < -0.39 is 29.2 Å². The van der Waals surface area contributed by atoms with Crippen molar-refractivity contribution in [3.63, 3.8) is 0 Å². The van der Waals surface area contributed by atoms with Gasteiger partial charge in [0.25, 0.3) is 11.1 Å². The second-order valence-electron chi connectivity index (χ2n) is 18.2. The van der Waals surface area contributed by atoms with E-state index in [0.717, 1.165) is 50.2 Å². The van der Waals surface area contributed by atoms with Crippen molar-refractivity contribution < 1.29 is 31.6 Å². The maximum Gasteiger partial charge on any atom is 0.421 e. The molecule has 20 heteroatoms. The highest BCUT2D eigenvalue weighted by Gasteiger charge is 2.34. The van der Waals surface area contributed by atoms with Gasteiger partial charge in [-0.15, -0.1) is 0 Å². The molecule has 14 nitrogen and oxygen atoms in total. The van der Waals surface area contributed by atoms with Gasteiger partial charge in [0.1, 0.15) is 47.7 Å². The number of halogens is 6. The van der Waals surface area contributed by atoms with Crippen molar-refractivity contribution in [2.75, 3.05) is 14.1 Å². The van der Waals surface area contributed by atoms with Crippen LogP contribution in [0.5, 0.6) is 5.75 Å². The molecule has 1 aliphatic carbocycles. The van der Waals surface area contributed by atoms with Crippen LogP contribution in [0.1, 0.15) is 75.2 Å². The standard InChI is InChI=1S/C55H49Cl2F4N9O5/c1-8-44(58)53(67(6)7)38-21-32(4)64-52-36(38)13-10-16-48(52)74-29-40-43(57)23-34(65-46(40)26-68-19-11-14-41(54(68)72)55(59,60)61)25-69-24-30(2)50(66-69)37-20-31(3)63-51-35(37)12-9-15-47(51)73-28-39-42(56)17-18-62-45(39)27-70-49(71)22-33(5)75-70/h8-24,47,66H,1,25-29H2,2-7H3/b50-37?,53-44+. The Kier molecular flexibility index (Phi) is 14.7. The van der Waals surface area contributed by atoms with Gasteiger partial charge in [0.2, 0.25) is 0 Å². The fourth-order valence-corrected chi connectivity index (χ4v) is 9.64. The molecule has 2 aliphatic rings. The fourth-order valence-electron chi connectivity index (χ4n) is 9.13. The van der Waals surface area contributed by atoms with Crippen molar-refractivity contribution >= 4 is 51.6 Å². The summed E-state index contributed by atoms with van der Waals surface area (Å²) in [4.78, 5) is 46.5. The quantitative estimate of drug-likeness (QED) is 0.0772. The number of ether oxygens (including phenoxy) is 2. The predicted octanol–water partition coefficient (Wildman–Crippen LogP) is 9.29. The number of benzene rings is 1. The highest BCUT2D eigenvalue weighted by molar-refractivity contribution is 6.31. The molecule has 0 bridgehead atoms. The first-order chi connectivity index (χ1) is 35.8. The SMILES string of the molecule is C=C/C(F)=C(/c1cc(C)nc2c(OCc3c(Cl)cc(CN4C=C(C)C(=c5cc(C)nc6c5=CC=CC6OCc5c(Cl)ccnc5Cn5oc(C)cc5=O)N4)nc3Cn3cccc(C(F)(F)F)c3=O)cccc12)N(C)C. The molecular weight excluding hydrogens is 1010 g/mol. The number of hydrazine groups is 1. The van der Waals surface area contributed by atoms with Gasteiger partial charge >= 0.3 is 6.18 Å². The van der Waals surface area contributed by atoms with Crippen LogP contribution in [0, 0.1) is 20.8 Å². The van der Waals surface area contributed by atoms with Crippen molar-refractivity contribution in [1.82, 2.24) is 44.6 Å². The molecule has 1 aliphatic heterocycles. The molecule has 75 heavy (non-hydrogen) atoms. The first-order valence-corrected chi connectivity index (χ1v) is 24.2. The third-order valence-electron chi connectivity index (χ3n) is 12.5. The molecule has 0 saturated carbocycles. The number of aryl methyl sites for hydroxylation is 3. The number of nitrogens with zero attached hydrogens (tertiary/aromatic N) is 8. The number of alkyl halides is 3. The van der Waals surface area contributed by atoms with Crippen molar-refractivity contribution in [3.8, 4) is 5.75 Å². The van der Waals surface area contributed by atoms with Gasteiger partial charge in [-0.2, -0.15) is 17.9 Å². The van der Waals surface area contributed by atoms with Crippen LogP contribution < -0.4 is 31.7 Å². The molecule has 0 amide bonds. The lowest BCUT2D eigenvalue weighted by atomic mass is 10.0. The molecular formula is C55H49Cl2F4N9O5. The van der Waals surface area contributed by atoms with Crippen molar-refractivity contribution in [1.29, 1.82) is 0 Å². The lowest BCUT2D eigenvalue weighted by molar-refractivity contribution is -0.138. The number of allylic oxidation sites excluding steroid dienone is 3. The van der Waals surface area contributed by atoms with Crippen LogP contribution in [0.25, 0.3) is 28.4 Å². The normalized spacial score (nSPS) is 15.3. The lowest BCUT2D eigenvalue weighted by Gasteiger charge is -2.22. The first kappa shape index (κ1) is 52.1. The Hall–Kier alpha value is -7.80. The highest BCUT2D eigenvalue weighted by atomic mass is 35.5. The zero-order valence-electron chi connectivity index (χ0n) is 41.5. The van der Waals surface area contributed by atoms with E-state index in [4.69, 9.17) is 52.2 Å². The van der Waals surface area contributed by atoms with E-state index in [-0.39, 0.29) is 54.8 Å². The van der Waals surface area contributed by atoms with E-state index in [1.54, 1.807) is 80.4 Å². The predicted molar refractivity (Wildman–Crippen MR) is 278 cm³/mol. The molecule has 0 saturated heterocycles. The van der Waals surface area contributed by atoms with Crippen LogP contribution in [0.3, 0.4) is 0 Å². The topological polar surface area (TPSA) is 146 Å². The average Bonchev–Trinajstić information content (AvgIpc) is 3.88. The van der Waals surface area contributed by atoms with Gasteiger partial charge in [-0.25, -0.2) is 9.37 Å². The summed E-state index contributed by atoms with van der Waals surface area (Å²) in [6.07, 6.45) is 6.10. The van der Waals surface area contributed by atoms with Crippen LogP contribution >= 0.6 is 23.2 Å². The Morgan fingerprint density at radius 1 is 0.920 bits per heavy atom. The summed E-state index contributed by atoms with van der Waals surface area (Å²) in [6.45, 7) is 10.6. The van der Waals surface area contributed by atoms with Gasteiger partial charge in [0, 0.05) is 87.7 Å². The molecule has 9 rings (SSSR count). The third-order valence-corrected chi connectivity index (χ3v) is 13.2. The molecule has 7 heterocycles. The molecule has 7 aromatic rings. The van der Waals surface area contributed by atoms with Crippen LogP contribution in [-0.4, -0.2) is 53.2 Å². The van der Waals surface area contributed by atoms with Gasteiger partial charge < -0.3 is 23.5 Å². The van der Waals surface area contributed by atoms with E-state index in [0.29, 0.717) is 66.9 Å². The minimum atomic E-state index is -4.90. The molecule has 1 atom stereocenters. The summed E-state index contributed by atoms with van der Waals surface area (Å²) in [7, 11) is 3.44. The maximum atomic E-state index is 15.3. The summed E-state index contributed by atoms with van der Waals surface area (Å²) in [5.74, 6) is 0.259. The molecule has 6 aromatic heterocycles. The summed E-state index contributed by atoms with van der Waals surface area (Å²) >= 11 is 13.8. The van der Waals surface area contributed by atoms with E-state index >= 15 is 4.39 Å². The van der Waals surface area contributed by atoms with E-state index in [9.17, 15) is 22.8 Å². The van der Waals surface area contributed by atoms with Crippen LogP contribution in [0.15, 0.2) is 130 Å². The van der Waals surface area contributed by atoms with Crippen LogP contribution in [0.2, 0.25) is 10.0 Å². The Bertz CT molecular complexity index is 3790. The Labute approximate surface area is 437 Å². The largest absolute Gasteiger partial charge is 0.486 e. The Morgan fingerprint density at radius 3 is 2.43 bits per heavy atom. The van der Waals surface area contributed by atoms with Gasteiger partial charge in [0.15, 0.2) is 0 Å². The number of para-hydroxylation sites is 1. The van der Waals surface area contributed by atoms with Crippen molar-refractivity contribution in [2.45, 2.75) is 72.8 Å². The number of rotatable bonds is 15. The van der Waals surface area contributed by atoms with Crippen LogP contribution in [-0.2, 0) is 43.8 Å². The highest BCUT2D eigenvalue weighted by Crippen LogP contribution is 2.35. The van der Waals surface area contributed by atoms with Crippen LogP contribution in [0.4, 0.5) is 17.6 Å². The van der Waals surface area contributed by atoms with Gasteiger partial charge in [-0.1, -0.05) is 54.1 Å². The van der Waals surface area contributed by atoms with E-state index in [1.165, 1.54) is 17.0 Å². The fraction of sp³-hybridized carbons (Fsp3) is 0.236. The molecule has 1 N–H and O–H groups in total. The molecule has 0 radical (unpaired) electrons. The summed E-state index contributed by atoms with van der Waals surface area (Å²) < 4.78 is 77.9. The average molecular weight is 1060 g/mol. The number of nitrogens with one attached hydrogen (secondary N) is 1. The van der Waals surface area contributed by atoms with Gasteiger partial charge in [0.05, 0.1) is 58.9 Å². The number of fused-ring (bicyclic) bond motifs is 2. The number of hydrogen-bond acceptors (Lipinski definition) is 12. The zero-order chi connectivity index (χ0) is 53.5. The maximum absolute atomic E-state index is 15.3. The summed E-state index contributed by atoms with van der Waals surface area (Å²) in [5.41, 5.74) is 7.54. The van der Waals surface area contributed by atoms with E-state index in [2.05, 4.69) is 17.0 Å². The van der Waals surface area contributed by atoms with E-state index in [1.807, 2.05) is 44.3 Å². The monoisotopic (exact) mass is 1060 g/mol. The number of aromatic nitrogens is 6. The van der Waals surface area contributed by atoms with Gasteiger partial charge in [-0.3, -0.25) is 35.0 Å². The molecule has 1 aromatic carbocycles. The summed E-state index contributed by atoms with van der Waals surface area (Å²) in [5, 5.41) is 4.65. The third kappa shape index (κ3) is 10.9. The molecule has 0 spiro atoms. The second kappa shape index (κ2) is 21.2. The second-order valence-corrected chi connectivity index (χ2v) is 19.0. The number of pyridine rings is 5. The summed E-state index contributed by atoms with van der Waals surface area (Å²) in [6, 6.07) is 15.5. The Morgan fingerprint density at radius 2 is 1.69 bits per heavy atom. The Balaban J connectivity index is 1.02. The zero-order valence-corrected chi connectivity index (χ0v) is 43.0.